The van der Waals surface area contributed by atoms with Gasteiger partial charge in [-0.1, -0.05) is 0 Å². The van der Waals surface area contributed by atoms with Crippen LogP contribution in [0.3, 0.4) is 0 Å². The molecule has 2 aromatic carbocycles. The Morgan fingerprint density at radius 2 is 1.89 bits per heavy atom. The summed E-state index contributed by atoms with van der Waals surface area (Å²) in [5.41, 5.74) is 1.71. The van der Waals surface area contributed by atoms with Crippen molar-refractivity contribution in [1.82, 2.24) is 0 Å². The first-order valence-corrected chi connectivity index (χ1v) is 9.38. The molecule has 0 radical (unpaired) electrons. The predicted molar refractivity (Wildman–Crippen MR) is 102 cm³/mol. The van der Waals surface area contributed by atoms with Crippen LogP contribution in [0.25, 0.3) is 0 Å². The molecule has 0 aromatic heterocycles. The van der Waals surface area contributed by atoms with E-state index < -0.39 is 4.92 Å². The number of carbonyl (C=O) groups excluding carboxylic acids is 1. The number of quaternary nitrogens is 1. The number of ether oxygens (including phenoxy) is 2. The van der Waals surface area contributed by atoms with Crippen LogP contribution in [0.5, 0.6) is 11.5 Å². The van der Waals surface area contributed by atoms with Gasteiger partial charge in [0.15, 0.2) is 18.0 Å². The number of likely N-dealkylation sites (tertiary alicyclic amines) is 1. The van der Waals surface area contributed by atoms with Gasteiger partial charge in [-0.05, 0) is 30.3 Å². The lowest BCUT2D eigenvalue weighted by Gasteiger charge is -2.24. The smallest absolute Gasteiger partial charge is 0.279 e. The third-order valence-corrected chi connectivity index (χ3v) is 5.20. The van der Waals surface area contributed by atoms with Gasteiger partial charge in [-0.25, -0.2) is 0 Å². The number of carbonyl (C=O) groups is 1. The summed E-state index contributed by atoms with van der Waals surface area (Å²) in [4.78, 5) is 24.0. The molecule has 28 heavy (non-hydrogen) atoms. The molecule has 0 spiro atoms. The first-order valence-electron chi connectivity index (χ1n) is 9.38. The zero-order valence-electron chi connectivity index (χ0n) is 15.3. The van der Waals surface area contributed by atoms with Crippen LogP contribution in [0, 0.1) is 10.1 Å². The number of fused-ring (bicyclic) bond motifs is 1. The number of nitrogens with one attached hydrogen (secondary N) is 2. The number of non-ortho nitro benzene ring substituents is 1. The predicted octanol–water partition coefficient (Wildman–Crippen LogP) is 1.72. The highest BCUT2D eigenvalue weighted by atomic mass is 16.6. The van der Waals surface area contributed by atoms with E-state index >= 15 is 0 Å². The van der Waals surface area contributed by atoms with Gasteiger partial charge in [0.1, 0.15) is 19.3 Å². The number of nitrogens with zero attached hydrogens (tertiary/aromatic N) is 1. The topological polar surface area (TPSA) is 95.1 Å². The Kier molecular flexibility index (Phi) is 5.12. The van der Waals surface area contributed by atoms with Crippen molar-refractivity contribution in [2.45, 2.75) is 18.9 Å². The third kappa shape index (κ3) is 3.91. The number of nitro groups is 1. The second kappa shape index (κ2) is 7.85. The summed E-state index contributed by atoms with van der Waals surface area (Å²) < 4.78 is 11.3. The van der Waals surface area contributed by atoms with Crippen molar-refractivity contribution in [1.29, 1.82) is 0 Å². The number of anilines is 1. The molecule has 4 rings (SSSR count). The van der Waals surface area contributed by atoms with Gasteiger partial charge < -0.3 is 19.7 Å². The van der Waals surface area contributed by atoms with Crippen LogP contribution in [0.1, 0.15) is 24.4 Å². The van der Waals surface area contributed by atoms with Gasteiger partial charge >= 0.3 is 0 Å². The van der Waals surface area contributed by atoms with E-state index in [4.69, 9.17) is 9.47 Å². The van der Waals surface area contributed by atoms with Crippen LogP contribution in [0.15, 0.2) is 42.5 Å². The van der Waals surface area contributed by atoms with Crippen LogP contribution in [0.2, 0.25) is 0 Å². The van der Waals surface area contributed by atoms with Gasteiger partial charge in [0, 0.05) is 36.2 Å². The number of nitro benzene ring substituents is 1. The standard InChI is InChI=1S/C20H21N3O5/c24-20(21-15-4-6-16(7-5-15)23(25)26)13-22-9-1-2-17(22)14-3-8-18-19(12-14)28-11-10-27-18/h3-8,12,17H,1-2,9-11,13H2,(H,21,24)/p+1/t17-/m0/s1. The monoisotopic (exact) mass is 384 g/mol. The fraction of sp³-hybridized carbons (Fsp3) is 0.350. The Morgan fingerprint density at radius 3 is 2.64 bits per heavy atom. The second-order valence-electron chi connectivity index (χ2n) is 7.04. The summed E-state index contributed by atoms with van der Waals surface area (Å²) in [6.45, 7) is 2.38. The van der Waals surface area contributed by atoms with Crippen molar-refractivity contribution in [2.24, 2.45) is 0 Å². The van der Waals surface area contributed by atoms with E-state index in [9.17, 15) is 14.9 Å². The maximum Gasteiger partial charge on any atom is 0.279 e. The lowest BCUT2D eigenvalue weighted by Crippen LogP contribution is -3.11. The minimum atomic E-state index is -0.460. The van der Waals surface area contributed by atoms with Crippen molar-refractivity contribution in [3.8, 4) is 11.5 Å². The van der Waals surface area contributed by atoms with Crippen LogP contribution in [0.4, 0.5) is 11.4 Å². The highest BCUT2D eigenvalue weighted by Gasteiger charge is 2.32. The van der Waals surface area contributed by atoms with E-state index in [0.717, 1.165) is 36.4 Å². The van der Waals surface area contributed by atoms with Crippen molar-refractivity contribution < 1.29 is 24.1 Å². The molecule has 1 unspecified atom stereocenters. The van der Waals surface area contributed by atoms with Crippen molar-refractivity contribution in [2.75, 3.05) is 31.6 Å². The average molecular weight is 384 g/mol. The summed E-state index contributed by atoms with van der Waals surface area (Å²) in [7, 11) is 0. The molecule has 1 fully saturated rings. The normalized spacial score (nSPS) is 20.6. The summed E-state index contributed by atoms with van der Waals surface area (Å²) in [6, 6.07) is 12.1. The number of hydrogen-bond donors (Lipinski definition) is 2. The fourth-order valence-electron chi connectivity index (χ4n) is 3.88. The van der Waals surface area contributed by atoms with Crippen LogP contribution in [-0.4, -0.2) is 37.1 Å². The quantitative estimate of drug-likeness (QED) is 0.605. The zero-order valence-corrected chi connectivity index (χ0v) is 15.3. The molecular weight excluding hydrogens is 362 g/mol. The van der Waals surface area contributed by atoms with Crippen LogP contribution in [-0.2, 0) is 4.79 Å². The molecule has 0 saturated carbocycles. The van der Waals surface area contributed by atoms with E-state index in [1.54, 1.807) is 12.1 Å². The number of benzene rings is 2. The maximum atomic E-state index is 12.5. The van der Waals surface area contributed by atoms with Gasteiger partial charge in [0.25, 0.3) is 11.6 Å². The highest BCUT2D eigenvalue weighted by molar-refractivity contribution is 5.91. The lowest BCUT2D eigenvalue weighted by atomic mass is 10.0. The third-order valence-electron chi connectivity index (χ3n) is 5.20. The Labute approximate surface area is 162 Å². The second-order valence-corrected chi connectivity index (χ2v) is 7.04. The first kappa shape index (κ1) is 18.2. The molecule has 2 aromatic rings. The Balaban J connectivity index is 1.41. The molecule has 1 amide bonds. The summed E-state index contributed by atoms with van der Waals surface area (Å²) in [5.74, 6) is 1.43. The molecule has 2 heterocycles. The molecule has 1 saturated heterocycles. The molecule has 2 atom stereocenters. The number of amides is 1. The van der Waals surface area contributed by atoms with Crippen molar-refractivity contribution in [3.63, 3.8) is 0 Å². The van der Waals surface area contributed by atoms with Gasteiger partial charge in [0.2, 0.25) is 0 Å². The number of rotatable bonds is 5. The molecule has 2 aliphatic heterocycles. The van der Waals surface area contributed by atoms with E-state index in [0.29, 0.717) is 25.4 Å². The van der Waals surface area contributed by atoms with Crippen molar-refractivity contribution >= 4 is 17.3 Å². The summed E-state index contributed by atoms with van der Waals surface area (Å²) >= 11 is 0. The van der Waals surface area contributed by atoms with Gasteiger partial charge in [-0.3, -0.25) is 14.9 Å². The Hall–Kier alpha value is -3.13. The molecule has 2 aliphatic rings. The van der Waals surface area contributed by atoms with Gasteiger partial charge in [0.05, 0.1) is 11.5 Å². The van der Waals surface area contributed by atoms with E-state index in [2.05, 4.69) is 11.4 Å². The fourth-order valence-corrected chi connectivity index (χ4v) is 3.88. The SMILES string of the molecule is O=C(C[NH+]1CCC[C@H]1c1ccc2c(c1)OCCO2)Nc1ccc([N+](=O)[O-])cc1. The minimum Gasteiger partial charge on any atom is -0.486 e. The molecular formula is C20H22N3O5+. The first-order chi connectivity index (χ1) is 13.6. The molecule has 0 aliphatic carbocycles. The number of hydrogen-bond acceptors (Lipinski definition) is 5. The zero-order chi connectivity index (χ0) is 19.5. The molecule has 8 heteroatoms. The molecule has 146 valence electrons. The van der Waals surface area contributed by atoms with Crippen molar-refractivity contribution in [3.05, 3.63) is 58.1 Å². The minimum absolute atomic E-state index is 0.00170. The lowest BCUT2D eigenvalue weighted by molar-refractivity contribution is -0.910. The molecule has 8 nitrogen and oxygen atoms in total. The van der Waals surface area contributed by atoms with E-state index in [1.165, 1.54) is 17.0 Å². The summed E-state index contributed by atoms with van der Waals surface area (Å²) in [6.07, 6.45) is 2.07. The Morgan fingerprint density at radius 1 is 1.14 bits per heavy atom. The summed E-state index contributed by atoms with van der Waals surface area (Å²) in [5, 5.41) is 13.6. The average Bonchev–Trinajstić information content (AvgIpc) is 3.16. The van der Waals surface area contributed by atoms with E-state index in [1.807, 2.05) is 12.1 Å². The molecule has 2 N–H and O–H groups in total. The van der Waals surface area contributed by atoms with Gasteiger partial charge in [-0.15, -0.1) is 0 Å². The van der Waals surface area contributed by atoms with Crippen LogP contribution >= 0.6 is 0 Å². The largest absolute Gasteiger partial charge is 0.486 e. The van der Waals surface area contributed by atoms with Gasteiger partial charge in [-0.2, -0.15) is 0 Å². The highest BCUT2D eigenvalue weighted by Crippen LogP contribution is 2.33. The Bertz CT molecular complexity index is 884. The maximum absolute atomic E-state index is 12.5. The molecule has 0 bridgehead atoms. The van der Waals surface area contributed by atoms with Crippen LogP contribution < -0.4 is 19.7 Å². The van der Waals surface area contributed by atoms with E-state index in [-0.39, 0.29) is 17.6 Å².